The average Bonchev–Trinajstić information content (AvgIpc) is 2.89. The van der Waals surface area contributed by atoms with Crippen LogP contribution in [0.15, 0.2) is 53.5 Å². The van der Waals surface area contributed by atoms with Gasteiger partial charge >= 0.3 is 6.03 Å². The number of urea groups is 1. The predicted octanol–water partition coefficient (Wildman–Crippen LogP) is 7.61. The maximum atomic E-state index is 13.7. The summed E-state index contributed by atoms with van der Waals surface area (Å²) in [7, 11) is 1.59. The van der Waals surface area contributed by atoms with E-state index in [2.05, 4.69) is 45.3 Å². The number of anilines is 2. The minimum atomic E-state index is -0.465. The zero-order chi connectivity index (χ0) is 27.8. The van der Waals surface area contributed by atoms with Gasteiger partial charge in [-0.25, -0.2) is 4.79 Å². The van der Waals surface area contributed by atoms with Crippen LogP contribution in [0.4, 0.5) is 16.2 Å². The molecule has 3 aromatic rings. The number of carbonyl (C=O) groups is 1. The van der Waals surface area contributed by atoms with Gasteiger partial charge in [-0.05, 0) is 60.6 Å². The van der Waals surface area contributed by atoms with Crippen molar-refractivity contribution in [3.8, 4) is 22.6 Å². The number of nitrogens with zero attached hydrogens (tertiary/aromatic N) is 1. The summed E-state index contributed by atoms with van der Waals surface area (Å²) < 4.78 is 13.0. The number of hydrogen-bond acceptors (Lipinski definition) is 4. The number of para-hydroxylation sites is 1. The number of ether oxygens (including phenoxy) is 2. The second kappa shape index (κ2) is 13.2. The van der Waals surface area contributed by atoms with Gasteiger partial charge in [0.15, 0.2) is 0 Å². The Hall–Kier alpha value is -3.74. The second-order valence-electron chi connectivity index (χ2n) is 9.95. The Morgan fingerprint density at radius 3 is 2.16 bits per heavy atom. The van der Waals surface area contributed by atoms with Gasteiger partial charge in [-0.1, -0.05) is 59.2 Å². The van der Waals surface area contributed by atoms with Crippen LogP contribution in [0, 0.1) is 0 Å². The lowest BCUT2D eigenvalue weighted by atomic mass is 9.93. The number of unbranched alkanes of at least 4 members (excludes halogenated alkanes) is 1. The van der Waals surface area contributed by atoms with Crippen LogP contribution in [0.5, 0.6) is 11.5 Å². The molecule has 0 fully saturated rings. The molecule has 3 rings (SSSR count). The molecule has 2 aromatic carbocycles. The van der Waals surface area contributed by atoms with Crippen LogP contribution < -0.4 is 25.7 Å². The molecule has 0 saturated carbocycles. The quantitative estimate of drug-likeness (QED) is 0.273. The van der Waals surface area contributed by atoms with Crippen molar-refractivity contribution in [2.24, 2.45) is 0 Å². The summed E-state index contributed by atoms with van der Waals surface area (Å²) in [5.41, 5.74) is 4.06. The number of aromatic nitrogens is 1. The first-order valence-electron chi connectivity index (χ1n) is 13.5. The highest BCUT2D eigenvalue weighted by Gasteiger charge is 2.21. The zero-order valence-electron chi connectivity index (χ0n) is 23.7. The van der Waals surface area contributed by atoms with Crippen molar-refractivity contribution in [1.29, 1.82) is 0 Å². The highest BCUT2D eigenvalue weighted by atomic mass is 16.5. The number of carbonyl (C=O) groups excluding carboxylic acids is 1. The van der Waals surface area contributed by atoms with Gasteiger partial charge in [0.1, 0.15) is 17.2 Å². The molecule has 38 heavy (non-hydrogen) atoms. The summed E-state index contributed by atoms with van der Waals surface area (Å²) in [5, 5.41) is 5.97. The van der Waals surface area contributed by atoms with Crippen molar-refractivity contribution >= 4 is 17.4 Å². The summed E-state index contributed by atoms with van der Waals surface area (Å²) in [6.45, 7) is 13.4. The lowest BCUT2D eigenvalue weighted by Crippen LogP contribution is -2.29. The first-order chi connectivity index (χ1) is 18.2. The third-order valence-electron chi connectivity index (χ3n) is 6.54. The molecule has 0 aliphatic rings. The van der Waals surface area contributed by atoms with Crippen LogP contribution in [0.25, 0.3) is 11.1 Å². The lowest BCUT2D eigenvalue weighted by molar-refractivity contribution is 0.262. The SMILES string of the molecule is CCCCn1ccc(-c2cc(OC)ccc2OCC)c(NC(=O)Nc2c(C(C)C)cccc2C(C)C)c1=O. The van der Waals surface area contributed by atoms with Gasteiger partial charge in [0.25, 0.3) is 5.56 Å². The van der Waals surface area contributed by atoms with E-state index >= 15 is 0 Å². The fourth-order valence-corrected chi connectivity index (χ4v) is 4.51. The largest absolute Gasteiger partial charge is 0.497 e. The van der Waals surface area contributed by atoms with Crippen molar-refractivity contribution in [2.75, 3.05) is 24.4 Å². The van der Waals surface area contributed by atoms with E-state index in [0.29, 0.717) is 35.8 Å². The second-order valence-corrected chi connectivity index (χ2v) is 9.95. The van der Waals surface area contributed by atoms with Gasteiger partial charge < -0.3 is 24.7 Å². The molecule has 2 N–H and O–H groups in total. The summed E-state index contributed by atoms with van der Waals surface area (Å²) in [5.74, 6) is 1.66. The number of nitrogens with one attached hydrogen (secondary N) is 2. The number of rotatable bonds is 11. The molecule has 0 radical (unpaired) electrons. The molecular weight excluding hydrogens is 478 g/mol. The fourth-order valence-electron chi connectivity index (χ4n) is 4.51. The topological polar surface area (TPSA) is 81.6 Å². The van der Waals surface area contributed by atoms with Gasteiger partial charge in [-0.15, -0.1) is 0 Å². The first-order valence-corrected chi connectivity index (χ1v) is 13.5. The van der Waals surface area contributed by atoms with Crippen molar-refractivity contribution in [2.45, 2.75) is 72.8 Å². The van der Waals surface area contributed by atoms with Gasteiger partial charge in [0, 0.05) is 29.6 Å². The third kappa shape index (κ3) is 6.57. The van der Waals surface area contributed by atoms with Crippen molar-refractivity contribution in [3.05, 3.63) is 70.1 Å². The zero-order valence-corrected chi connectivity index (χ0v) is 23.7. The number of amides is 2. The molecule has 0 spiro atoms. The molecule has 204 valence electrons. The van der Waals surface area contributed by atoms with Gasteiger partial charge in [-0.2, -0.15) is 0 Å². The minimum Gasteiger partial charge on any atom is -0.497 e. The van der Waals surface area contributed by atoms with E-state index in [0.717, 1.165) is 29.7 Å². The molecule has 7 nitrogen and oxygen atoms in total. The summed E-state index contributed by atoms with van der Waals surface area (Å²) in [6.07, 6.45) is 3.58. The van der Waals surface area contributed by atoms with E-state index in [1.54, 1.807) is 17.9 Å². The molecule has 1 heterocycles. The first kappa shape index (κ1) is 28.8. The van der Waals surface area contributed by atoms with Crippen LogP contribution in [0.3, 0.4) is 0 Å². The van der Waals surface area contributed by atoms with Crippen LogP contribution in [0.2, 0.25) is 0 Å². The smallest absolute Gasteiger partial charge is 0.323 e. The average molecular weight is 520 g/mol. The Morgan fingerprint density at radius 2 is 1.58 bits per heavy atom. The van der Waals surface area contributed by atoms with Crippen LogP contribution in [-0.2, 0) is 6.54 Å². The number of benzene rings is 2. The molecular formula is C31H41N3O4. The monoisotopic (exact) mass is 519 g/mol. The molecule has 2 amide bonds. The molecule has 0 atom stereocenters. The maximum absolute atomic E-state index is 13.7. The molecule has 0 aliphatic carbocycles. The van der Waals surface area contributed by atoms with Crippen LogP contribution in [-0.4, -0.2) is 24.3 Å². The summed E-state index contributed by atoms with van der Waals surface area (Å²) in [6, 6.07) is 12.9. The fraction of sp³-hybridized carbons (Fsp3) is 0.419. The van der Waals surface area contributed by atoms with E-state index in [9.17, 15) is 9.59 Å². The molecule has 1 aromatic heterocycles. The van der Waals surface area contributed by atoms with E-state index in [-0.39, 0.29) is 23.1 Å². The number of aryl methyl sites for hydroxylation is 1. The Bertz CT molecular complexity index is 1280. The highest BCUT2D eigenvalue weighted by molar-refractivity contribution is 6.03. The number of methoxy groups -OCH3 is 1. The van der Waals surface area contributed by atoms with E-state index in [4.69, 9.17) is 9.47 Å². The normalized spacial score (nSPS) is 11.1. The minimum absolute atomic E-state index is 0.198. The standard InChI is InChI=1S/C31H41N3O4/c1-8-10-17-34-18-16-25(26-19-22(37-7)14-15-27(26)38-9-2)29(30(34)35)33-31(36)32-28-23(20(3)4)12-11-13-24(28)21(5)6/h11-16,18-21H,8-10,17H2,1-7H3,(H2,32,33,36). The molecule has 0 saturated heterocycles. The maximum Gasteiger partial charge on any atom is 0.323 e. The van der Waals surface area contributed by atoms with Crippen molar-refractivity contribution in [1.82, 2.24) is 4.57 Å². The Morgan fingerprint density at radius 1 is 0.921 bits per heavy atom. The summed E-state index contributed by atoms with van der Waals surface area (Å²) >= 11 is 0. The van der Waals surface area contributed by atoms with Crippen LogP contribution in [0.1, 0.15) is 77.3 Å². The van der Waals surface area contributed by atoms with Crippen molar-refractivity contribution < 1.29 is 14.3 Å². The highest BCUT2D eigenvalue weighted by Crippen LogP contribution is 2.37. The number of hydrogen-bond donors (Lipinski definition) is 2. The predicted molar refractivity (Wildman–Crippen MR) is 156 cm³/mol. The van der Waals surface area contributed by atoms with E-state index in [1.165, 1.54) is 0 Å². The molecule has 7 heteroatoms. The van der Waals surface area contributed by atoms with Gasteiger partial charge in [-0.3, -0.25) is 4.79 Å². The third-order valence-corrected chi connectivity index (χ3v) is 6.54. The van der Waals surface area contributed by atoms with Crippen molar-refractivity contribution in [3.63, 3.8) is 0 Å². The number of pyridine rings is 1. The van der Waals surface area contributed by atoms with E-state index < -0.39 is 6.03 Å². The Balaban J connectivity index is 2.12. The van der Waals surface area contributed by atoms with Crippen LogP contribution >= 0.6 is 0 Å². The van der Waals surface area contributed by atoms with Gasteiger partial charge in [0.05, 0.1) is 13.7 Å². The van der Waals surface area contributed by atoms with E-state index in [1.807, 2.05) is 49.4 Å². The molecule has 0 unspecified atom stereocenters. The van der Waals surface area contributed by atoms with Gasteiger partial charge in [0.2, 0.25) is 0 Å². The Kier molecular flexibility index (Phi) is 9.99. The Labute approximate surface area is 226 Å². The molecule has 0 bridgehead atoms. The summed E-state index contributed by atoms with van der Waals surface area (Å²) in [4.78, 5) is 27.2. The lowest BCUT2D eigenvalue weighted by Gasteiger charge is -2.21. The molecule has 0 aliphatic heterocycles.